The van der Waals surface area contributed by atoms with E-state index in [1.165, 1.54) is 11.3 Å². The zero-order chi connectivity index (χ0) is 12.4. The Morgan fingerprint density at radius 3 is 2.82 bits per heavy atom. The minimum Gasteiger partial charge on any atom is -0.481 e. The Morgan fingerprint density at radius 1 is 1.53 bits per heavy atom. The first kappa shape index (κ1) is 11.8. The average Bonchev–Trinajstić information content (AvgIpc) is 2.86. The van der Waals surface area contributed by atoms with Gasteiger partial charge < -0.3 is 10.4 Å². The number of rotatable bonds is 3. The average molecular weight is 252 g/mol. The van der Waals surface area contributed by atoms with E-state index in [4.69, 9.17) is 5.11 Å². The molecular formula is C11H12N2O3S. The highest BCUT2D eigenvalue weighted by atomic mass is 32.1. The van der Waals surface area contributed by atoms with Gasteiger partial charge in [-0.1, -0.05) is 12.2 Å². The maximum Gasteiger partial charge on any atom is 0.310 e. The van der Waals surface area contributed by atoms with Gasteiger partial charge in [-0.25, -0.2) is 4.98 Å². The highest BCUT2D eigenvalue weighted by Gasteiger charge is 2.25. The molecule has 0 saturated carbocycles. The molecule has 1 aromatic rings. The van der Waals surface area contributed by atoms with E-state index in [1.54, 1.807) is 17.5 Å². The zero-order valence-electron chi connectivity index (χ0n) is 9.21. The molecule has 2 atom stereocenters. The van der Waals surface area contributed by atoms with Crippen LogP contribution in [-0.2, 0) is 4.79 Å². The molecule has 2 N–H and O–H groups in total. The van der Waals surface area contributed by atoms with Crippen molar-refractivity contribution in [3.63, 3.8) is 0 Å². The number of carbonyl (C=O) groups excluding carboxylic acids is 1. The Hall–Kier alpha value is -1.69. The van der Waals surface area contributed by atoms with Crippen LogP contribution in [0.15, 0.2) is 17.5 Å². The molecule has 1 aliphatic rings. The van der Waals surface area contributed by atoms with Crippen LogP contribution < -0.4 is 5.32 Å². The summed E-state index contributed by atoms with van der Waals surface area (Å²) >= 11 is 1.41. The summed E-state index contributed by atoms with van der Waals surface area (Å²) in [6, 6.07) is -0.217. The molecule has 2 rings (SSSR count). The van der Waals surface area contributed by atoms with Crippen molar-refractivity contribution >= 4 is 23.2 Å². The first-order valence-corrected chi connectivity index (χ1v) is 6.08. The topological polar surface area (TPSA) is 79.3 Å². The van der Waals surface area contributed by atoms with Gasteiger partial charge in [0.15, 0.2) is 0 Å². The van der Waals surface area contributed by atoms with Gasteiger partial charge in [0.1, 0.15) is 5.69 Å². The van der Waals surface area contributed by atoms with Gasteiger partial charge in [0, 0.05) is 11.4 Å². The Morgan fingerprint density at radius 2 is 2.29 bits per heavy atom. The number of amides is 1. The third-order valence-electron chi connectivity index (χ3n) is 2.57. The summed E-state index contributed by atoms with van der Waals surface area (Å²) in [5.41, 5.74) is 0.389. The van der Waals surface area contributed by atoms with Crippen molar-refractivity contribution in [2.75, 3.05) is 0 Å². The van der Waals surface area contributed by atoms with Crippen LogP contribution in [0.25, 0.3) is 0 Å². The molecule has 0 fully saturated rings. The van der Waals surface area contributed by atoms with Crippen LogP contribution in [0, 0.1) is 12.8 Å². The van der Waals surface area contributed by atoms with Crippen LogP contribution >= 0.6 is 11.3 Å². The lowest BCUT2D eigenvalue weighted by Crippen LogP contribution is -2.33. The Labute approximate surface area is 102 Å². The fraction of sp³-hybridized carbons (Fsp3) is 0.364. The van der Waals surface area contributed by atoms with Crippen molar-refractivity contribution in [2.45, 2.75) is 19.4 Å². The Bertz CT molecular complexity index is 481. The molecule has 1 aliphatic carbocycles. The molecule has 0 aliphatic heterocycles. The first-order chi connectivity index (χ1) is 8.06. The fourth-order valence-electron chi connectivity index (χ4n) is 1.70. The van der Waals surface area contributed by atoms with Crippen molar-refractivity contribution in [3.05, 3.63) is 28.2 Å². The maximum absolute atomic E-state index is 11.7. The number of aryl methyl sites for hydroxylation is 1. The van der Waals surface area contributed by atoms with E-state index >= 15 is 0 Å². The van der Waals surface area contributed by atoms with Gasteiger partial charge in [0.25, 0.3) is 5.91 Å². The summed E-state index contributed by atoms with van der Waals surface area (Å²) in [5, 5.41) is 14.1. The Kier molecular flexibility index (Phi) is 3.23. The smallest absolute Gasteiger partial charge is 0.310 e. The van der Waals surface area contributed by atoms with Gasteiger partial charge >= 0.3 is 5.97 Å². The number of aliphatic carboxylic acids is 1. The summed E-state index contributed by atoms with van der Waals surface area (Å²) in [5.74, 6) is -1.62. The van der Waals surface area contributed by atoms with Gasteiger partial charge in [0.2, 0.25) is 0 Å². The molecule has 90 valence electrons. The summed E-state index contributed by atoms with van der Waals surface area (Å²) < 4.78 is 0. The van der Waals surface area contributed by atoms with Crippen LogP contribution in [0.2, 0.25) is 0 Å². The third-order valence-corrected chi connectivity index (χ3v) is 3.34. The second kappa shape index (κ2) is 4.67. The number of aromatic nitrogens is 1. The van der Waals surface area contributed by atoms with E-state index in [0.717, 1.165) is 5.01 Å². The maximum atomic E-state index is 11.7. The van der Waals surface area contributed by atoms with Gasteiger partial charge in [-0.3, -0.25) is 9.59 Å². The molecule has 1 amide bonds. The van der Waals surface area contributed by atoms with E-state index in [9.17, 15) is 9.59 Å². The second-order valence-corrected chi connectivity index (χ2v) is 4.96. The Balaban J connectivity index is 1.93. The monoisotopic (exact) mass is 252 g/mol. The number of thiazole rings is 1. The first-order valence-electron chi connectivity index (χ1n) is 5.20. The number of carboxylic acids is 1. The molecule has 5 nitrogen and oxygen atoms in total. The fourth-order valence-corrected chi connectivity index (χ4v) is 2.29. The SMILES string of the molecule is Cc1nc(C(=O)NC2C=CC(C(=O)O)C2)cs1. The molecule has 0 spiro atoms. The third kappa shape index (κ3) is 2.71. The minimum absolute atomic E-state index is 0.217. The van der Waals surface area contributed by atoms with Crippen LogP contribution in [-0.4, -0.2) is 28.0 Å². The van der Waals surface area contributed by atoms with Gasteiger partial charge in [-0.2, -0.15) is 0 Å². The van der Waals surface area contributed by atoms with E-state index in [2.05, 4.69) is 10.3 Å². The molecule has 17 heavy (non-hydrogen) atoms. The van der Waals surface area contributed by atoms with Crippen molar-refractivity contribution in [1.29, 1.82) is 0 Å². The molecule has 0 bridgehead atoms. The number of hydrogen-bond donors (Lipinski definition) is 2. The molecular weight excluding hydrogens is 240 g/mol. The predicted octanol–water partition coefficient (Wildman–Crippen LogP) is 1.21. The number of carbonyl (C=O) groups is 2. The lowest BCUT2D eigenvalue weighted by Gasteiger charge is -2.10. The standard InChI is InChI=1S/C11H12N2O3S/c1-6-12-9(5-17-6)10(14)13-8-3-2-7(4-8)11(15)16/h2-3,5,7-8H,4H2,1H3,(H,13,14)(H,15,16). The van der Waals surface area contributed by atoms with E-state index in [0.29, 0.717) is 12.1 Å². The van der Waals surface area contributed by atoms with E-state index in [1.807, 2.05) is 6.92 Å². The van der Waals surface area contributed by atoms with Crippen LogP contribution in [0.1, 0.15) is 21.9 Å². The summed E-state index contributed by atoms with van der Waals surface area (Å²) in [4.78, 5) is 26.5. The van der Waals surface area contributed by atoms with E-state index < -0.39 is 11.9 Å². The van der Waals surface area contributed by atoms with Gasteiger partial charge in [0.05, 0.1) is 10.9 Å². The van der Waals surface area contributed by atoms with Crippen molar-refractivity contribution in [1.82, 2.24) is 10.3 Å². The normalized spacial score (nSPS) is 22.6. The summed E-state index contributed by atoms with van der Waals surface area (Å²) in [6.07, 6.45) is 3.74. The van der Waals surface area contributed by atoms with Crippen LogP contribution in [0.3, 0.4) is 0 Å². The molecule has 1 aromatic heterocycles. The minimum atomic E-state index is -0.859. The zero-order valence-corrected chi connectivity index (χ0v) is 10.0. The second-order valence-electron chi connectivity index (χ2n) is 3.90. The number of hydrogen-bond acceptors (Lipinski definition) is 4. The predicted molar refractivity (Wildman–Crippen MR) is 63.0 cm³/mol. The van der Waals surface area contributed by atoms with E-state index in [-0.39, 0.29) is 11.9 Å². The van der Waals surface area contributed by atoms with Gasteiger partial charge in [-0.05, 0) is 13.3 Å². The van der Waals surface area contributed by atoms with Crippen molar-refractivity contribution in [2.24, 2.45) is 5.92 Å². The summed E-state index contributed by atoms with van der Waals surface area (Å²) in [6.45, 7) is 1.83. The molecule has 0 aromatic carbocycles. The molecule has 0 saturated heterocycles. The quantitative estimate of drug-likeness (QED) is 0.792. The van der Waals surface area contributed by atoms with Crippen molar-refractivity contribution in [3.8, 4) is 0 Å². The highest BCUT2D eigenvalue weighted by Crippen LogP contribution is 2.18. The van der Waals surface area contributed by atoms with Gasteiger partial charge in [-0.15, -0.1) is 11.3 Å². The number of nitrogens with zero attached hydrogens (tertiary/aromatic N) is 1. The lowest BCUT2D eigenvalue weighted by atomic mass is 10.1. The van der Waals surface area contributed by atoms with Crippen molar-refractivity contribution < 1.29 is 14.7 Å². The summed E-state index contributed by atoms with van der Waals surface area (Å²) in [7, 11) is 0. The molecule has 0 radical (unpaired) electrons. The number of nitrogens with one attached hydrogen (secondary N) is 1. The van der Waals surface area contributed by atoms with Crippen LogP contribution in [0.5, 0.6) is 0 Å². The number of carboxylic acid groups (broad SMARTS) is 1. The lowest BCUT2D eigenvalue weighted by molar-refractivity contribution is -0.140. The highest BCUT2D eigenvalue weighted by molar-refractivity contribution is 7.09. The van der Waals surface area contributed by atoms with Crippen LogP contribution in [0.4, 0.5) is 0 Å². The molecule has 6 heteroatoms. The largest absolute Gasteiger partial charge is 0.481 e. The molecule has 1 heterocycles. The molecule has 2 unspecified atom stereocenters.